The van der Waals surface area contributed by atoms with Crippen molar-refractivity contribution in [1.29, 1.82) is 0 Å². The molecule has 0 saturated carbocycles. The fourth-order valence-corrected chi connectivity index (χ4v) is 2.40. The summed E-state index contributed by atoms with van der Waals surface area (Å²) in [5, 5.41) is 6.35. The molecule has 0 spiro atoms. The van der Waals surface area contributed by atoms with Crippen LogP contribution in [0.25, 0.3) is 0 Å². The Labute approximate surface area is 122 Å². The Morgan fingerprint density at radius 2 is 2.10 bits per heavy atom. The molecule has 3 nitrogen and oxygen atoms in total. The van der Waals surface area contributed by atoms with E-state index in [1.807, 2.05) is 5.38 Å². The Kier molecular flexibility index (Phi) is 5.64. The first kappa shape index (κ1) is 15.1. The van der Waals surface area contributed by atoms with E-state index in [9.17, 15) is 4.39 Å². The summed E-state index contributed by atoms with van der Waals surface area (Å²) < 4.78 is 18.9. The lowest BCUT2D eigenvalue weighted by Crippen LogP contribution is -2.21. The summed E-state index contributed by atoms with van der Waals surface area (Å²) in [7, 11) is 0. The average molecular weight is 294 g/mol. The molecular weight excluding hydrogens is 275 g/mol. The van der Waals surface area contributed by atoms with Crippen LogP contribution in [-0.4, -0.2) is 11.0 Å². The Morgan fingerprint density at radius 3 is 2.85 bits per heavy atom. The van der Waals surface area contributed by atoms with E-state index >= 15 is 0 Å². The molecule has 0 fully saturated rings. The molecule has 0 aliphatic carbocycles. The number of halogens is 1. The molecule has 1 N–H and O–H groups in total. The minimum Gasteiger partial charge on any atom is -0.370 e. The standard InChI is InChI=1S/C15H19FN2OS/c1-11(2)17-7-15-18-13(10-20-15)9-19-8-12-5-3-4-6-14(12)16/h3-6,10-11,17H,7-9H2,1-2H3. The summed E-state index contributed by atoms with van der Waals surface area (Å²) in [6.07, 6.45) is 0. The maximum atomic E-state index is 13.4. The lowest BCUT2D eigenvalue weighted by Gasteiger charge is -2.05. The maximum Gasteiger partial charge on any atom is 0.128 e. The van der Waals surface area contributed by atoms with Gasteiger partial charge in [0.2, 0.25) is 0 Å². The summed E-state index contributed by atoms with van der Waals surface area (Å²) in [5.74, 6) is -0.229. The first-order chi connectivity index (χ1) is 9.65. The first-order valence-corrected chi connectivity index (χ1v) is 7.51. The van der Waals surface area contributed by atoms with E-state index in [1.54, 1.807) is 29.5 Å². The number of benzene rings is 1. The van der Waals surface area contributed by atoms with Gasteiger partial charge in [0.05, 0.1) is 18.9 Å². The van der Waals surface area contributed by atoms with Crippen molar-refractivity contribution in [1.82, 2.24) is 10.3 Å². The molecule has 20 heavy (non-hydrogen) atoms. The van der Waals surface area contributed by atoms with Gasteiger partial charge < -0.3 is 10.1 Å². The highest BCUT2D eigenvalue weighted by atomic mass is 32.1. The monoisotopic (exact) mass is 294 g/mol. The second kappa shape index (κ2) is 7.47. The number of nitrogens with zero attached hydrogens (tertiary/aromatic N) is 1. The van der Waals surface area contributed by atoms with Crippen molar-refractivity contribution < 1.29 is 9.13 Å². The fourth-order valence-electron chi connectivity index (χ4n) is 1.67. The average Bonchev–Trinajstić information content (AvgIpc) is 2.87. The lowest BCUT2D eigenvalue weighted by molar-refractivity contribution is 0.102. The van der Waals surface area contributed by atoms with Crippen LogP contribution in [-0.2, 0) is 24.5 Å². The van der Waals surface area contributed by atoms with Crippen LogP contribution in [0.3, 0.4) is 0 Å². The molecule has 0 unspecified atom stereocenters. The molecule has 5 heteroatoms. The number of aromatic nitrogens is 1. The molecule has 1 aromatic heterocycles. The summed E-state index contributed by atoms with van der Waals surface area (Å²) in [6, 6.07) is 7.10. The zero-order chi connectivity index (χ0) is 14.4. The highest BCUT2D eigenvalue weighted by molar-refractivity contribution is 7.09. The molecule has 2 rings (SSSR count). The molecule has 0 aliphatic rings. The molecule has 1 heterocycles. The minimum absolute atomic E-state index is 0.229. The Balaban J connectivity index is 1.78. The molecule has 108 valence electrons. The number of thiazole rings is 1. The van der Waals surface area contributed by atoms with E-state index in [1.165, 1.54) is 6.07 Å². The van der Waals surface area contributed by atoms with Crippen molar-refractivity contribution in [2.45, 2.75) is 39.6 Å². The molecular formula is C15H19FN2OS. The minimum atomic E-state index is -0.229. The van der Waals surface area contributed by atoms with E-state index in [0.29, 0.717) is 18.2 Å². The third-order valence-electron chi connectivity index (χ3n) is 2.73. The zero-order valence-electron chi connectivity index (χ0n) is 11.7. The van der Waals surface area contributed by atoms with Crippen LogP contribution < -0.4 is 5.32 Å². The Morgan fingerprint density at radius 1 is 1.30 bits per heavy atom. The van der Waals surface area contributed by atoms with Crippen LogP contribution in [0, 0.1) is 5.82 Å². The van der Waals surface area contributed by atoms with Gasteiger partial charge in [-0.05, 0) is 6.07 Å². The number of ether oxygens (including phenoxy) is 1. The normalized spacial score (nSPS) is 11.2. The Bertz CT molecular complexity index is 542. The lowest BCUT2D eigenvalue weighted by atomic mass is 10.2. The third kappa shape index (κ3) is 4.67. The summed E-state index contributed by atoms with van der Waals surface area (Å²) >= 11 is 1.61. The van der Waals surface area contributed by atoms with Crippen molar-refractivity contribution in [2.24, 2.45) is 0 Å². The second-order valence-corrected chi connectivity index (χ2v) is 5.80. The fraction of sp³-hybridized carbons (Fsp3) is 0.400. The van der Waals surface area contributed by atoms with Gasteiger partial charge >= 0.3 is 0 Å². The van der Waals surface area contributed by atoms with E-state index in [0.717, 1.165) is 17.2 Å². The van der Waals surface area contributed by atoms with Crippen molar-refractivity contribution in [3.05, 3.63) is 51.7 Å². The summed E-state index contributed by atoms with van der Waals surface area (Å²) in [4.78, 5) is 4.47. The number of hydrogen-bond donors (Lipinski definition) is 1. The molecule has 0 atom stereocenters. The van der Waals surface area contributed by atoms with Crippen LogP contribution in [0.5, 0.6) is 0 Å². The van der Waals surface area contributed by atoms with Gasteiger partial charge in [-0.3, -0.25) is 0 Å². The van der Waals surface area contributed by atoms with Gasteiger partial charge in [-0.1, -0.05) is 32.0 Å². The van der Waals surface area contributed by atoms with Crippen molar-refractivity contribution >= 4 is 11.3 Å². The van der Waals surface area contributed by atoms with E-state index in [2.05, 4.69) is 24.1 Å². The van der Waals surface area contributed by atoms with Crippen molar-refractivity contribution in [3.8, 4) is 0 Å². The Hall–Kier alpha value is -1.30. The topological polar surface area (TPSA) is 34.2 Å². The van der Waals surface area contributed by atoms with Gasteiger partial charge in [-0.15, -0.1) is 11.3 Å². The summed E-state index contributed by atoms with van der Waals surface area (Å²) in [6.45, 7) is 5.66. The molecule has 0 radical (unpaired) electrons. The van der Waals surface area contributed by atoms with Crippen LogP contribution in [0.1, 0.15) is 30.1 Å². The highest BCUT2D eigenvalue weighted by Gasteiger charge is 2.04. The SMILES string of the molecule is CC(C)NCc1nc(COCc2ccccc2F)cs1. The molecule has 0 bridgehead atoms. The zero-order valence-corrected chi connectivity index (χ0v) is 12.5. The quantitative estimate of drug-likeness (QED) is 0.848. The molecule has 0 aliphatic heterocycles. The van der Waals surface area contributed by atoms with Gasteiger partial charge in [0, 0.05) is 23.5 Å². The largest absolute Gasteiger partial charge is 0.370 e. The highest BCUT2D eigenvalue weighted by Crippen LogP contribution is 2.13. The number of hydrogen-bond acceptors (Lipinski definition) is 4. The van der Waals surface area contributed by atoms with Crippen LogP contribution in [0.4, 0.5) is 4.39 Å². The number of nitrogens with one attached hydrogen (secondary N) is 1. The number of rotatable bonds is 7. The van der Waals surface area contributed by atoms with Gasteiger partial charge in [0.15, 0.2) is 0 Å². The van der Waals surface area contributed by atoms with Crippen LogP contribution in [0.15, 0.2) is 29.6 Å². The predicted octanol–water partition coefficient (Wildman–Crippen LogP) is 3.50. The second-order valence-electron chi connectivity index (χ2n) is 4.85. The van der Waals surface area contributed by atoms with Crippen LogP contribution >= 0.6 is 11.3 Å². The first-order valence-electron chi connectivity index (χ1n) is 6.63. The van der Waals surface area contributed by atoms with Gasteiger partial charge in [0.25, 0.3) is 0 Å². The van der Waals surface area contributed by atoms with E-state index < -0.39 is 0 Å². The molecule has 0 amide bonds. The van der Waals surface area contributed by atoms with Crippen LogP contribution in [0.2, 0.25) is 0 Å². The van der Waals surface area contributed by atoms with E-state index in [4.69, 9.17) is 4.74 Å². The third-order valence-corrected chi connectivity index (χ3v) is 3.62. The van der Waals surface area contributed by atoms with Crippen molar-refractivity contribution in [2.75, 3.05) is 0 Å². The van der Waals surface area contributed by atoms with Gasteiger partial charge in [-0.25, -0.2) is 9.37 Å². The van der Waals surface area contributed by atoms with Gasteiger partial charge in [0.1, 0.15) is 10.8 Å². The maximum absolute atomic E-state index is 13.4. The van der Waals surface area contributed by atoms with E-state index in [-0.39, 0.29) is 12.4 Å². The molecule has 1 aromatic carbocycles. The predicted molar refractivity (Wildman–Crippen MR) is 79.0 cm³/mol. The molecule has 2 aromatic rings. The van der Waals surface area contributed by atoms with Gasteiger partial charge in [-0.2, -0.15) is 0 Å². The van der Waals surface area contributed by atoms with Crippen molar-refractivity contribution in [3.63, 3.8) is 0 Å². The summed E-state index contributed by atoms with van der Waals surface area (Å²) in [5.41, 5.74) is 1.47. The smallest absolute Gasteiger partial charge is 0.128 e. The molecule has 0 saturated heterocycles.